The Labute approximate surface area is 264 Å². The number of allylic oxidation sites excluding steroid dienone is 1. The predicted octanol–water partition coefficient (Wildman–Crippen LogP) is 8.79. The van der Waals surface area contributed by atoms with Crippen LogP contribution in [0.2, 0.25) is 5.04 Å². The van der Waals surface area contributed by atoms with E-state index in [2.05, 4.69) is 160 Å². The summed E-state index contributed by atoms with van der Waals surface area (Å²) in [6, 6.07) is 32.7. The number of benzene rings is 4. The number of hydrogen-bond donors (Lipinski definition) is 0. The van der Waals surface area contributed by atoms with Crippen molar-refractivity contribution in [1.29, 1.82) is 0 Å². The Morgan fingerprint density at radius 1 is 0.628 bits per heavy atom. The molecule has 0 spiro atoms. The first-order valence-electron chi connectivity index (χ1n) is 16.4. The minimum absolute atomic E-state index is 0.0625. The highest BCUT2D eigenvalue weighted by atomic mass is 28.3. The van der Waals surface area contributed by atoms with Gasteiger partial charge in [-0.15, -0.1) is 5.98 Å². The van der Waals surface area contributed by atoms with Gasteiger partial charge in [-0.25, -0.2) is 0 Å². The lowest BCUT2D eigenvalue weighted by molar-refractivity contribution is 0.703. The molecule has 0 radical (unpaired) electrons. The third-order valence-corrected chi connectivity index (χ3v) is 15.6. The van der Waals surface area contributed by atoms with Gasteiger partial charge in [0, 0.05) is 0 Å². The zero-order chi connectivity index (χ0) is 31.4. The van der Waals surface area contributed by atoms with E-state index in [1.165, 1.54) is 73.9 Å². The lowest BCUT2D eigenvalue weighted by Gasteiger charge is -2.47. The molecule has 0 unspecified atom stereocenters. The van der Waals surface area contributed by atoms with Gasteiger partial charge in [0.2, 0.25) is 6.71 Å². The largest absolute Gasteiger partial charge is 0.234 e. The third kappa shape index (κ3) is 6.70. The maximum atomic E-state index is 2.78. The average Bonchev–Trinajstić information content (AvgIpc) is 2.92. The van der Waals surface area contributed by atoms with Crippen LogP contribution in [0.5, 0.6) is 0 Å². The van der Waals surface area contributed by atoms with Crippen LogP contribution in [-0.4, -0.2) is 14.8 Å². The topological polar surface area (TPSA) is 0 Å². The summed E-state index contributed by atoms with van der Waals surface area (Å²) in [4.78, 5) is 0. The molecule has 43 heavy (non-hydrogen) atoms. The quantitative estimate of drug-likeness (QED) is 0.129. The Hall–Kier alpha value is -3.10. The molecule has 0 heterocycles. The van der Waals surface area contributed by atoms with Gasteiger partial charge in [0.25, 0.3) is 0 Å². The fourth-order valence-corrected chi connectivity index (χ4v) is 14.2. The summed E-state index contributed by atoms with van der Waals surface area (Å²) >= 11 is 0. The van der Waals surface area contributed by atoms with Gasteiger partial charge in [0.05, 0.1) is 0 Å². The molecule has 0 aliphatic carbocycles. The number of hydrogen-bond acceptors (Lipinski definition) is 0. The van der Waals surface area contributed by atoms with E-state index in [1.807, 2.05) is 0 Å². The van der Waals surface area contributed by atoms with Crippen molar-refractivity contribution in [2.75, 3.05) is 0 Å². The van der Waals surface area contributed by atoms with Crippen molar-refractivity contribution in [3.63, 3.8) is 0 Å². The van der Waals surface area contributed by atoms with Gasteiger partial charge in [-0.2, -0.15) is 0 Å². The first kappa shape index (κ1) is 32.8. The maximum absolute atomic E-state index is 2.78. The predicted molar refractivity (Wildman–Crippen MR) is 196 cm³/mol. The minimum Gasteiger partial charge on any atom is -0.109 e. The highest BCUT2D eigenvalue weighted by molar-refractivity contribution is 7.10. The van der Waals surface area contributed by atoms with E-state index in [-0.39, 0.29) is 11.8 Å². The number of rotatable bonds is 10. The van der Waals surface area contributed by atoms with Gasteiger partial charge in [-0.1, -0.05) is 175 Å². The van der Waals surface area contributed by atoms with Gasteiger partial charge < -0.3 is 0 Å². The Morgan fingerprint density at radius 3 is 1.37 bits per heavy atom. The molecule has 2 heteroatoms. The molecular formula is C41H53BSi. The van der Waals surface area contributed by atoms with Crippen LogP contribution >= 0.6 is 0 Å². The smallest absolute Gasteiger partial charge is 0.109 e. The molecular weight excluding hydrogens is 531 g/mol. The number of unbranched alkanes of at least 4 members (excludes halogenated alkanes) is 2. The van der Waals surface area contributed by atoms with Crippen LogP contribution in [0.3, 0.4) is 0 Å². The third-order valence-electron chi connectivity index (χ3n) is 9.54. The van der Waals surface area contributed by atoms with Crippen molar-refractivity contribution in [3.05, 3.63) is 129 Å². The monoisotopic (exact) mass is 584 g/mol. The summed E-state index contributed by atoms with van der Waals surface area (Å²) < 4.78 is 0. The molecule has 0 aliphatic heterocycles. The maximum Gasteiger partial charge on any atom is 0.234 e. The second kappa shape index (κ2) is 13.7. The highest BCUT2D eigenvalue weighted by Crippen LogP contribution is 2.42. The lowest BCUT2D eigenvalue weighted by atomic mass is 9.37. The fourth-order valence-electron chi connectivity index (χ4n) is 8.10. The summed E-state index contributed by atoms with van der Waals surface area (Å²) in [5, 5.41) is 4.77. The standard InChI is InChI=1S/C41H53BSi/c1-11-12-15-24-38(43(41(8,9)10,36-20-16-13-17-21-36)37-22-18-14-19-23-37)29-42(39-32(4)25-30(2)26-33(39)5)40-34(6)27-31(3)28-35(40)7/h13-14,16-23,25-29H,11-12,15,24H2,1-10H3. The fraction of sp³-hybridized carbons (Fsp3) is 0.366. The highest BCUT2D eigenvalue weighted by Gasteiger charge is 2.50. The lowest BCUT2D eigenvalue weighted by Crippen LogP contribution is -2.66. The molecule has 4 rings (SSSR count). The van der Waals surface area contributed by atoms with Crippen LogP contribution < -0.4 is 21.3 Å². The van der Waals surface area contributed by atoms with E-state index in [0.29, 0.717) is 0 Å². The molecule has 0 atom stereocenters. The van der Waals surface area contributed by atoms with Crippen LogP contribution in [-0.2, 0) is 0 Å². The molecule has 0 bridgehead atoms. The van der Waals surface area contributed by atoms with Gasteiger partial charge in [-0.3, -0.25) is 0 Å². The Bertz CT molecular complexity index is 1410. The summed E-state index contributed by atoms with van der Waals surface area (Å²) in [6.45, 7) is 23.8. The second-order valence-electron chi connectivity index (χ2n) is 14.0. The second-order valence-corrected chi connectivity index (χ2v) is 18.8. The normalized spacial score (nSPS) is 12.5. The van der Waals surface area contributed by atoms with E-state index in [4.69, 9.17) is 0 Å². The molecule has 4 aromatic carbocycles. The Balaban J connectivity index is 2.19. The van der Waals surface area contributed by atoms with Gasteiger partial charge in [0.15, 0.2) is 0 Å². The summed E-state index contributed by atoms with van der Waals surface area (Å²) in [7, 11) is -2.49. The molecule has 0 aromatic heterocycles. The van der Waals surface area contributed by atoms with Gasteiger partial charge >= 0.3 is 0 Å². The molecule has 4 aromatic rings. The van der Waals surface area contributed by atoms with Gasteiger partial charge in [0.1, 0.15) is 8.07 Å². The Morgan fingerprint density at radius 2 is 1.02 bits per heavy atom. The molecule has 0 nitrogen and oxygen atoms in total. The molecule has 0 N–H and O–H groups in total. The van der Waals surface area contributed by atoms with Crippen molar-refractivity contribution in [2.24, 2.45) is 0 Å². The van der Waals surface area contributed by atoms with Crippen molar-refractivity contribution in [3.8, 4) is 0 Å². The average molecular weight is 585 g/mol. The zero-order valence-electron chi connectivity index (χ0n) is 28.6. The minimum atomic E-state index is -2.49. The molecule has 0 aliphatic rings. The summed E-state index contributed by atoms with van der Waals surface area (Å²) in [5.74, 6) is 2.78. The van der Waals surface area contributed by atoms with Crippen LogP contribution in [0, 0.1) is 41.5 Å². The van der Waals surface area contributed by atoms with Crippen LogP contribution in [0.1, 0.15) is 86.8 Å². The summed E-state index contributed by atoms with van der Waals surface area (Å²) in [6.07, 6.45) is 4.83. The SMILES string of the molecule is CCCCCC(=CB(c1c(C)cc(C)cc1C)c1c(C)cc(C)cc1C)[Si](c1ccccc1)(c1ccccc1)C(C)(C)C. The molecule has 224 valence electrons. The molecule has 0 saturated heterocycles. The van der Waals surface area contributed by atoms with E-state index >= 15 is 0 Å². The van der Waals surface area contributed by atoms with E-state index < -0.39 is 8.07 Å². The van der Waals surface area contributed by atoms with Crippen molar-refractivity contribution < 1.29 is 0 Å². The van der Waals surface area contributed by atoms with Crippen molar-refractivity contribution >= 4 is 36.1 Å². The van der Waals surface area contributed by atoms with Gasteiger partial charge in [-0.05, 0) is 69.8 Å². The summed E-state index contributed by atoms with van der Waals surface area (Å²) in [5.41, 5.74) is 11.2. The molecule has 0 saturated carbocycles. The first-order chi connectivity index (χ1) is 20.4. The number of aryl methyl sites for hydroxylation is 6. The van der Waals surface area contributed by atoms with E-state index in [0.717, 1.165) is 6.42 Å². The van der Waals surface area contributed by atoms with E-state index in [9.17, 15) is 0 Å². The van der Waals surface area contributed by atoms with E-state index in [1.54, 1.807) is 5.20 Å². The Kier molecular flexibility index (Phi) is 10.4. The van der Waals surface area contributed by atoms with Crippen LogP contribution in [0.15, 0.2) is 96.1 Å². The van der Waals surface area contributed by atoms with Crippen LogP contribution in [0.4, 0.5) is 0 Å². The zero-order valence-corrected chi connectivity index (χ0v) is 29.6. The van der Waals surface area contributed by atoms with Crippen LogP contribution in [0.25, 0.3) is 0 Å². The first-order valence-corrected chi connectivity index (χ1v) is 18.4. The van der Waals surface area contributed by atoms with Crippen molar-refractivity contribution in [1.82, 2.24) is 0 Å². The van der Waals surface area contributed by atoms with Crippen molar-refractivity contribution in [2.45, 2.75) is 100.0 Å². The molecule has 0 fully saturated rings. The molecule has 0 amide bonds.